The van der Waals surface area contributed by atoms with Crippen molar-refractivity contribution in [3.63, 3.8) is 0 Å². The van der Waals surface area contributed by atoms with E-state index in [4.69, 9.17) is 4.74 Å². The minimum Gasteiger partial charge on any atom is -0.496 e. The van der Waals surface area contributed by atoms with E-state index in [1.807, 2.05) is 24.3 Å². The van der Waals surface area contributed by atoms with Gasteiger partial charge in [0.05, 0.1) is 24.2 Å². The van der Waals surface area contributed by atoms with E-state index >= 15 is 0 Å². The first kappa shape index (κ1) is 22.5. The van der Waals surface area contributed by atoms with Crippen LogP contribution < -0.4 is 21.1 Å². The quantitative estimate of drug-likeness (QED) is 0.523. The molecule has 1 aliphatic carbocycles. The van der Waals surface area contributed by atoms with Gasteiger partial charge in [-0.05, 0) is 31.4 Å². The summed E-state index contributed by atoms with van der Waals surface area (Å²) in [6.07, 6.45) is 1.81. The average Bonchev–Trinajstić information content (AvgIpc) is 3.00. The van der Waals surface area contributed by atoms with Gasteiger partial charge in [-0.2, -0.15) is 0 Å². The zero-order valence-electron chi connectivity index (χ0n) is 18.8. The van der Waals surface area contributed by atoms with Crippen molar-refractivity contribution in [1.82, 2.24) is 19.8 Å². The number of hydrogen-bond acceptors (Lipinski definition) is 5. The van der Waals surface area contributed by atoms with Crippen LogP contribution in [0.2, 0.25) is 0 Å². The Hall–Kier alpha value is -2.68. The number of benzene rings is 2. The van der Waals surface area contributed by atoms with E-state index in [1.165, 1.54) is 15.2 Å². The van der Waals surface area contributed by atoms with E-state index in [0.29, 0.717) is 36.1 Å². The van der Waals surface area contributed by atoms with E-state index < -0.39 is 6.10 Å². The third-order valence-corrected chi connectivity index (χ3v) is 6.59. The van der Waals surface area contributed by atoms with Gasteiger partial charge in [-0.3, -0.25) is 9.13 Å². The Morgan fingerprint density at radius 2 is 1.75 bits per heavy atom. The van der Waals surface area contributed by atoms with Crippen LogP contribution in [0.3, 0.4) is 0 Å². The Morgan fingerprint density at radius 3 is 2.47 bits per heavy atom. The summed E-state index contributed by atoms with van der Waals surface area (Å²) in [5.74, 6) is 0.499. The third-order valence-electron chi connectivity index (χ3n) is 6.59. The maximum Gasteiger partial charge on any atom is 0.328 e. The number of aliphatic hydroxyl groups is 1. The molecule has 0 spiro atoms. The summed E-state index contributed by atoms with van der Waals surface area (Å²) in [4.78, 5) is 12.1. The van der Waals surface area contributed by atoms with Gasteiger partial charge in [0, 0.05) is 56.5 Å². The Morgan fingerprint density at radius 1 is 1.06 bits per heavy atom. The Bertz CT molecular complexity index is 1160. The first-order valence-corrected chi connectivity index (χ1v) is 11.0. The number of aliphatic hydroxyl groups excluding tert-OH is 1. The molecule has 1 heterocycles. The highest BCUT2D eigenvalue weighted by atomic mass is 19.1. The maximum absolute atomic E-state index is 14.6. The van der Waals surface area contributed by atoms with E-state index in [1.54, 1.807) is 27.3 Å². The molecule has 3 aromatic rings. The van der Waals surface area contributed by atoms with Crippen LogP contribution in [0.4, 0.5) is 4.39 Å². The average molecular weight is 443 g/mol. The van der Waals surface area contributed by atoms with Gasteiger partial charge in [-0.15, -0.1) is 0 Å². The molecule has 0 radical (unpaired) electrons. The van der Waals surface area contributed by atoms with E-state index in [2.05, 4.69) is 10.6 Å². The first-order valence-electron chi connectivity index (χ1n) is 11.0. The lowest BCUT2D eigenvalue weighted by molar-refractivity contribution is 0.0740. The van der Waals surface area contributed by atoms with E-state index in [-0.39, 0.29) is 23.6 Å². The Balaban J connectivity index is 1.34. The number of aromatic nitrogens is 2. The fourth-order valence-corrected chi connectivity index (χ4v) is 4.61. The molecule has 4 rings (SSSR count). The fraction of sp³-hybridized carbons (Fsp3) is 0.458. The molecular weight excluding hydrogens is 411 g/mol. The molecule has 0 unspecified atom stereocenters. The molecule has 3 atom stereocenters. The number of nitrogens with one attached hydrogen (secondary N) is 2. The van der Waals surface area contributed by atoms with Crippen molar-refractivity contribution >= 4 is 11.0 Å². The van der Waals surface area contributed by atoms with Crippen molar-refractivity contribution in [2.75, 3.05) is 7.11 Å². The van der Waals surface area contributed by atoms with Crippen LogP contribution in [0.25, 0.3) is 11.0 Å². The molecule has 8 heteroatoms. The van der Waals surface area contributed by atoms with Crippen LogP contribution >= 0.6 is 0 Å². The predicted octanol–water partition coefficient (Wildman–Crippen LogP) is 2.19. The standard InChI is InChI=1S/C24H31FN4O3/c1-28-20-10-16(18(25)12-21(20)29(2)24(28)31)14-26-17-8-9-19(22(30)11-17)27-13-15-6-4-5-7-23(15)32-3/h4-7,10,12,17,19,22,26-27,30H,8-9,11,13-14H2,1-3H3/t17-,19-,22+/m0/s1. The molecule has 1 fully saturated rings. The number of hydrogen-bond donors (Lipinski definition) is 3. The number of methoxy groups -OCH3 is 1. The van der Waals surface area contributed by atoms with Crippen LogP contribution in [0.1, 0.15) is 30.4 Å². The van der Waals surface area contributed by atoms with Crippen molar-refractivity contribution in [3.8, 4) is 5.75 Å². The lowest BCUT2D eigenvalue weighted by Crippen LogP contribution is -2.48. The molecule has 1 saturated carbocycles. The lowest BCUT2D eigenvalue weighted by Gasteiger charge is -2.34. The number of aryl methyl sites for hydroxylation is 2. The summed E-state index contributed by atoms with van der Waals surface area (Å²) in [6, 6.07) is 11.1. The van der Waals surface area contributed by atoms with E-state index in [0.717, 1.165) is 24.2 Å². The normalized spacial score (nSPS) is 21.2. The molecule has 2 aromatic carbocycles. The first-order chi connectivity index (χ1) is 15.4. The minimum atomic E-state index is -0.488. The monoisotopic (exact) mass is 442 g/mol. The van der Waals surface area contributed by atoms with Gasteiger partial charge in [0.25, 0.3) is 0 Å². The zero-order valence-corrected chi connectivity index (χ0v) is 18.8. The van der Waals surface area contributed by atoms with Crippen molar-refractivity contribution in [2.45, 2.75) is 50.5 Å². The minimum absolute atomic E-state index is 0.00453. The molecule has 0 bridgehead atoms. The van der Waals surface area contributed by atoms with Crippen LogP contribution in [-0.2, 0) is 27.2 Å². The van der Waals surface area contributed by atoms with Crippen LogP contribution in [0, 0.1) is 5.82 Å². The summed E-state index contributed by atoms with van der Waals surface area (Å²) in [5, 5.41) is 17.5. The largest absolute Gasteiger partial charge is 0.496 e. The highest BCUT2D eigenvalue weighted by Crippen LogP contribution is 2.23. The SMILES string of the molecule is COc1ccccc1CN[C@H]1CC[C@H](NCc2cc3c(cc2F)n(C)c(=O)n3C)C[C@H]1O. The number of para-hydroxylation sites is 1. The Labute approximate surface area is 186 Å². The molecule has 1 aromatic heterocycles. The maximum atomic E-state index is 14.6. The summed E-state index contributed by atoms with van der Waals surface area (Å²) >= 11 is 0. The van der Waals surface area contributed by atoms with Gasteiger partial charge >= 0.3 is 5.69 Å². The molecule has 0 amide bonds. The number of rotatable bonds is 7. The third kappa shape index (κ3) is 4.44. The second kappa shape index (κ2) is 9.44. The topological polar surface area (TPSA) is 80.5 Å². The zero-order chi connectivity index (χ0) is 22.8. The number of ether oxygens (including phenoxy) is 1. The summed E-state index contributed by atoms with van der Waals surface area (Å²) in [6.45, 7) is 0.979. The molecule has 3 N–H and O–H groups in total. The van der Waals surface area contributed by atoms with Gasteiger partial charge in [0.1, 0.15) is 11.6 Å². The van der Waals surface area contributed by atoms with Gasteiger partial charge < -0.3 is 20.5 Å². The van der Waals surface area contributed by atoms with Crippen molar-refractivity contribution < 1.29 is 14.2 Å². The van der Waals surface area contributed by atoms with Gasteiger partial charge in [0.15, 0.2) is 0 Å². The molecule has 0 aliphatic heterocycles. The van der Waals surface area contributed by atoms with Crippen molar-refractivity contribution in [3.05, 3.63) is 63.8 Å². The highest BCUT2D eigenvalue weighted by molar-refractivity contribution is 5.77. The highest BCUT2D eigenvalue weighted by Gasteiger charge is 2.29. The van der Waals surface area contributed by atoms with Gasteiger partial charge in [-0.1, -0.05) is 18.2 Å². The molecular formula is C24H31FN4O3. The summed E-state index contributed by atoms with van der Waals surface area (Å²) in [7, 11) is 4.99. The molecule has 1 aliphatic rings. The smallest absolute Gasteiger partial charge is 0.328 e. The molecule has 0 saturated heterocycles. The van der Waals surface area contributed by atoms with Crippen LogP contribution in [0.15, 0.2) is 41.2 Å². The van der Waals surface area contributed by atoms with Crippen LogP contribution in [0.5, 0.6) is 5.75 Å². The van der Waals surface area contributed by atoms with Crippen molar-refractivity contribution in [1.29, 1.82) is 0 Å². The summed E-state index contributed by atoms with van der Waals surface area (Å²) < 4.78 is 23.0. The van der Waals surface area contributed by atoms with Crippen LogP contribution in [-0.4, -0.2) is 39.5 Å². The molecule has 32 heavy (non-hydrogen) atoms. The predicted molar refractivity (Wildman–Crippen MR) is 122 cm³/mol. The molecule has 7 nitrogen and oxygen atoms in total. The lowest BCUT2D eigenvalue weighted by atomic mass is 9.88. The fourth-order valence-electron chi connectivity index (χ4n) is 4.61. The number of fused-ring (bicyclic) bond motifs is 1. The second-order valence-electron chi connectivity index (χ2n) is 8.59. The number of imidazole rings is 1. The second-order valence-corrected chi connectivity index (χ2v) is 8.59. The van der Waals surface area contributed by atoms with Crippen molar-refractivity contribution in [2.24, 2.45) is 14.1 Å². The number of nitrogens with zero attached hydrogens (tertiary/aromatic N) is 2. The van der Waals surface area contributed by atoms with Gasteiger partial charge in [0.2, 0.25) is 0 Å². The number of halogens is 1. The molecule has 172 valence electrons. The Kier molecular flexibility index (Phi) is 6.64. The van der Waals surface area contributed by atoms with E-state index in [9.17, 15) is 14.3 Å². The van der Waals surface area contributed by atoms with Gasteiger partial charge in [-0.25, -0.2) is 9.18 Å². The summed E-state index contributed by atoms with van der Waals surface area (Å²) in [5.41, 5.74) is 2.69.